The topological polar surface area (TPSA) is 20.3 Å². The summed E-state index contributed by atoms with van der Waals surface area (Å²) in [6, 6.07) is 19.5. The average molecular weight is 267 g/mol. The van der Waals surface area contributed by atoms with Gasteiger partial charge in [-0.05, 0) is 11.1 Å². The molecule has 1 fully saturated rings. The second-order valence-corrected chi connectivity index (χ2v) is 5.04. The number of hydrogen-bond acceptors (Lipinski definition) is 2. The largest absolute Gasteiger partial charge is 0.307 e. The lowest BCUT2D eigenvalue weighted by molar-refractivity contribution is -0.133. The molecule has 94 valence electrons. The van der Waals surface area contributed by atoms with Gasteiger partial charge < -0.3 is 4.90 Å². The summed E-state index contributed by atoms with van der Waals surface area (Å²) in [5.74, 6) is 0.0369. The molecule has 0 aliphatic carbocycles. The third kappa shape index (κ3) is 1.48. The Morgan fingerprint density at radius 1 is 0.895 bits per heavy atom. The molecule has 1 amide bonds. The van der Waals surface area contributed by atoms with Gasteiger partial charge in [-0.3, -0.25) is 4.79 Å². The van der Waals surface area contributed by atoms with Crippen LogP contribution in [0.4, 0.5) is 0 Å². The van der Waals surface area contributed by atoms with Gasteiger partial charge in [-0.2, -0.15) is 0 Å². The predicted octanol–water partition coefficient (Wildman–Crippen LogP) is 2.77. The van der Waals surface area contributed by atoms with E-state index in [1.54, 1.807) is 11.9 Å². The number of nitrogens with zero attached hydrogens (tertiary/aromatic N) is 1. The van der Waals surface area contributed by atoms with Crippen molar-refractivity contribution >= 4 is 23.1 Å². The molecular formula is C16H13NOS. The van der Waals surface area contributed by atoms with Crippen molar-refractivity contribution in [1.29, 1.82) is 0 Å². The minimum atomic E-state index is -0.785. The Morgan fingerprint density at radius 3 is 1.68 bits per heavy atom. The zero-order valence-electron chi connectivity index (χ0n) is 10.5. The van der Waals surface area contributed by atoms with E-state index in [2.05, 4.69) is 0 Å². The lowest BCUT2D eigenvalue weighted by Gasteiger charge is -2.48. The summed E-state index contributed by atoms with van der Waals surface area (Å²) in [6.07, 6.45) is 0. The van der Waals surface area contributed by atoms with Gasteiger partial charge in [0, 0.05) is 7.05 Å². The maximum atomic E-state index is 12.5. The lowest BCUT2D eigenvalue weighted by atomic mass is 9.68. The van der Waals surface area contributed by atoms with E-state index in [0.29, 0.717) is 4.99 Å². The molecule has 0 aromatic heterocycles. The van der Waals surface area contributed by atoms with Crippen LogP contribution in [0, 0.1) is 0 Å². The van der Waals surface area contributed by atoms with Crippen molar-refractivity contribution in [2.24, 2.45) is 0 Å². The summed E-state index contributed by atoms with van der Waals surface area (Å²) >= 11 is 5.49. The van der Waals surface area contributed by atoms with Gasteiger partial charge in [-0.1, -0.05) is 72.9 Å². The van der Waals surface area contributed by atoms with Gasteiger partial charge in [0.25, 0.3) is 0 Å². The quantitative estimate of drug-likeness (QED) is 0.616. The number of benzene rings is 2. The number of likely N-dealkylation sites (tertiary alicyclic amines) is 1. The number of β-lactam (4-membered cyclic amide) rings is 1. The van der Waals surface area contributed by atoms with Crippen LogP contribution in [0.15, 0.2) is 60.7 Å². The standard InChI is InChI=1S/C16H13NOS/c1-17-14(18)16(15(17)19,12-8-4-2-5-9-12)13-10-6-3-7-11-13/h2-11H,1H3. The molecule has 0 unspecified atom stereocenters. The molecule has 0 atom stereocenters. The highest BCUT2D eigenvalue weighted by Gasteiger charge is 2.58. The molecule has 1 heterocycles. The van der Waals surface area contributed by atoms with Crippen LogP contribution in [-0.4, -0.2) is 22.8 Å². The second kappa shape index (κ2) is 4.28. The maximum Gasteiger partial charge on any atom is 0.249 e. The van der Waals surface area contributed by atoms with Gasteiger partial charge in [0.05, 0.1) is 0 Å². The Balaban J connectivity index is 2.25. The highest BCUT2D eigenvalue weighted by Crippen LogP contribution is 2.43. The third-order valence-corrected chi connectivity index (χ3v) is 4.24. The molecule has 0 spiro atoms. The molecule has 1 aliphatic rings. The van der Waals surface area contributed by atoms with Crippen molar-refractivity contribution in [2.75, 3.05) is 7.05 Å². The van der Waals surface area contributed by atoms with E-state index in [1.165, 1.54) is 0 Å². The number of likely N-dealkylation sites (N-methyl/N-ethyl adjacent to an activating group) is 1. The average Bonchev–Trinajstić information content (AvgIpc) is 2.49. The number of carbonyl (C=O) groups is 1. The summed E-state index contributed by atoms with van der Waals surface area (Å²) in [6.45, 7) is 0. The molecule has 19 heavy (non-hydrogen) atoms. The first-order valence-corrected chi connectivity index (χ1v) is 6.53. The Kier molecular flexibility index (Phi) is 2.72. The van der Waals surface area contributed by atoms with Crippen LogP contribution in [0.2, 0.25) is 0 Å². The van der Waals surface area contributed by atoms with E-state index < -0.39 is 5.41 Å². The van der Waals surface area contributed by atoms with E-state index in [0.717, 1.165) is 11.1 Å². The number of hydrogen-bond donors (Lipinski definition) is 0. The number of amides is 1. The van der Waals surface area contributed by atoms with Crippen LogP contribution in [0.25, 0.3) is 0 Å². The highest BCUT2D eigenvalue weighted by molar-refractivity contribution is 7.80. The van der Waals surface area contributed by atoms with Gasteiger partial charge in [0.2, 0.25) is 5.91 Å². The predicted molar refractivity (Wildman–Crippen MR) is 79.0 cm³/mol. The highest BCUT2D eigenvalue weighted by atomic mass is 32.1. The first-order valence-electron chi connectivity index (χ1n) is 6.12. The summed E-state index contributed by atoms with van der Waals surface area (Å²) in [7, 11) is 1.73. The number of rotatable bonds is 2. The Labute approximate surface area is 117 Å². The van der Waals surface area contributed by atoms with Crippen LogP contribution in [-0.2, 0) is 10.2 Å². The maximum absolute atomic E-state index is 12.5. The van der Waals surface area contributed by atoms with Crippen molar-refractivity contribution in [3.63, 3.8) is 0 Å². The molecule has 0 bridgehead atoms. The van der Waals surface area contributed by atoms with Gasteiger partial charge in [0.1, 0.15) is 4.99 Å². The number of carbonyl (C=O) groups excluding carboxylic acids is 1. The fourth-order valence-corrected chi connectivity index (χ4v) is 3.08. The first kappa shape index (κ1) is 12.1. The van der Waals surface area contributed by atoms with Crippen molar-refractivity contribution < 1.29 is 4.79 Å². The minimum absolute atomic E-state index is 0.0369. The Hall–Kier alpha value is -2.00. The first-order chi connectivity index (χ1) is 9.19. The summed E-state index contributed by atoms with van der Waals surface area (Å²) < 4.78 is 0. The van der Waals surface area contributed by atoms with Crippen molar-refractivity contribution in [3.05, 3.63) is 71.8 Å². The number of thiocarbonyl (C=S) groups is 1. The third-order valence-electron chi connectivity index (χ3n) is 3.66. The van der Waals surface area contributed by atoms with Gasteiger partial charge >= 0.3 is 0 Å². The van der Waals surface area contributed by atoms with E-state index >= 15 is 0 Å². The van der Waals surface area contributed by atoms with Crippen LogP contribution >= 0.6 is 12.2 Å². The molecule has 3 heteroatoms. The van der Waals surface area contributed by atoms with Gasteiger partial charge in [0.15, 0.2) is 5.41 Å². The van der Waals surface area contributed by atoms with E-state index in [-0.39, 0.29) is 5.91 Å². The molecule has 1 aliphatic heterocycles. The molecule has 2 aromatic rings. The molecule has 2 aromatic carbocycles. The zero-order chi connectivity index (χ0) is 13.5. The molecule has 0 radical (unpaired) electrons. The fraction of sp³-hybridized carbons (Fsp3) is 0.125. The zero-order valence-corrected chi connectivity index (χ0v) is 11.4. The van der Waals surface area contributed by atoms with Gasteiger partial charge in [-0.25, -0.2) is 0 Å². The van der Waals surface area contributed by atoms with E-state index in [1.807, 2.05) is 60.7 Å². The second-order valence-electron chi connectivity index (χ2n) is 4.65. The van der Waals surface area contributed by atoms with Crippen molar-refractivity contribution in [3.8, 4) is 0 Å². The monoisotopic (exact) mass is 267 g/mol. The minimum Gasteiger partial charge on any atom is -0.307 e. The molecule has 0 N–H and O–H groups in total. The van der Waals surface area contributed by atoms with Crippen LogP contribution in [0.5, 0.6) is 0 Å². The summed E-state index contributed by atoms with van der Waals surface area (Å²) in [5.41, 5.74) is 1.09. The summed E-state index contributed by atoms with van der Waals surface area (Å²) in [4.78, 5) is 14.7. The molecule has 3 rings (SSSR count). The molecule has 0 saturated carbocycles. The van der Waals surface area contributed by atoms with Crippen molar-refractivity contribution in [2.45, 2.75) is 5.41 Å². The normalized spacial score (nSPS) is 17.2. The fourth-order valence-electron chi connectivity index (χ4n) is 2.67. The smallest absolute Gasteiger partial charge is 0.249 e. The molecule has 1 saturated heterocycles. The Bertz CT molecular complexity index is 579. The molecular weight excluding hydrogens is 254 g/mol. The SMILES string of the molecule is CN1C(=O)C(c2ccccc2)(c2ccccc2)C1=S. The van der Waals surface area contributed by atoms with Crippen LogP contribution in [0.3, 0.4) is 0 Å². The van der Waals surface area contributed by atoms with Crippen LogP contribution < -0.4 is 0 Å². The molecule has 2 nitrogen and oxygen atoms in total. The van der Waals surface area contributed by atoms with Crippen LogP contribution in [0.1, 0.15) is 11.1 Å². The van der Waals surface area contributed by atoms with Crippen molar-refractivity contribution in [1.82, 2.24) is 4.90 Å². The lowest BCUT2D eigenvalue weighted by Crippen LogP contribution is -2.66. The Morgan fingerprint density at radius 2 is 1.32 bits per heavy atom. The summed E-state index contributed by atoms with van der Waals surface area (Å²) in [5, 5.41) is 0. The van der Waals surface area contributed by atoms with Gasteiger partial charge in [-0.15, -0.1) is 0 Å². The van der Waals surface area contributed by atoms with E-state index in [4.69, 9.17) is 12.2 Å². The van der Waals surface area contributed by atoms with E-state index in [9.17, 15) is 4.79 Å².